The van der Waals surface area contributed by atoms with Crippen LogP contribution in [0.3, 0.4) is 0 Å². The highest BCUT2D eigenvalue weighted by atomic mass is 19.4. The summed E-state index contributed by atoms with van der Waals surface area (Å²) in [4.78, 5) is 9.06. The molecule has 0 fully saturated rings. The number of nitriles is 1. The standard InChI is InChI=1S/C25H21F3N6/c1-16(13-18-3-7-20(8-4-18)25(26,27)28)11-12-33-15-31-24-22(23(33)30)32-17(2)34(24)21-9-5-19(14-29)6-10-21/h3-10,13,15,30H,11-12H2,1-2H3. The number of hydrogen-bond donors (Lipinski definition) is 1. The van der Waals surface area contributed by atoms with Crippen molar-refractivity contribution in [2.45, 2.75) is 33.0 Å². The number of benzene rings is 2. The number of alkyl halides is 3. The monoisotopic (exact) mass is 462 g/mol. The van der Waals surface area contributed by atoms with Gasteiger partial charge in [0.05, 0.1) is 23.5 Å². The Labute approximate surface area is 193 Å². The Morgan fingerprint density at radius 3 is 2.41 bits per heavy atom. The summed E-state index contributed by atoms with van der Waals surface area (Å²) >= 11 is 0. The lowest BCUT2D eigenvalue weighted by Crippen LogP contribution is -2.21. The molecule has 6 nitrogen and oxygen atoms in total. The Kier molecular flexibility index (Phi) is 6.07. The molecule has 0 bridgehead atoms. The number of nitrogens with one attached hydrogen (secondary N) is 1. The zero-order valence-electron chi connectivity index (χ0n) is 18.6. The fourth-order valence-electron chi connectivity index (χ4n) is 3.70. The van der Waals surface area contributed by atoms with E-state index in [-0.39, 0.29) is 5.49 Å². The van der Waals surface area contributed by atoms with Gasteiger partial charge in [-0.1, -0.05) is 23.8 Å². The van der Waals surface area contributed by atoms with E-state index in [9.17, 15) is 13.2 Å². The highest BCUT2D eigenvalue weighted by Crippen LogP contribution is 2.29. The maximum Gasteiger partial charge on any atom is 0.416 e. The molecule has 2 aromatic heterocycles. The predicted octanol–water partition coefficient (Wildman–Crippen LogP) is 5.39. The number of aryl methyl sites for hydroxylation is 2. The number of fused-ring (bicyclic) bond motifs is 1. The minimum Gasteiger partial charge on any atom is -0.315 e. The first-order valence-electron chi connectivity index (χ1n) is 10.5. The minimum atomic E-state index is -4.35. The number of hydrogen-bond acceptors (Lipinski definition) is 4. The number of nitrogens with zero attached hydrogens (tertiary/aromatic N) is 5. The van der Waals surface area contributed by atoms with E-state index in [4.69, 9.17) is 10.7 Å². The van der Waals surface area contributed by atoms with Crippen LogP contribution < -0.4 is 5.49 Å². The average Bonchev–Trinajstić information content (AvgIpc) is 3.15. The smallest absolute Gasteiger partial charge is 0.315 e. The third kappa shape index (κ3) is 4.62. The van der Waals surface area contributed by atoms with Gasteiger partial charge in [0, 0.05) is 12.2 Å². The van der Waals surface area contributed by atoms with E-state index in [1.807, 2.05) is 36.6 Å². The topological polar surface area (TPSA) is 83.3 Å². The molecule has 2 aromatic carbocycles. The van der Waals surface area contributed by atoms with E-state index >= 15 is 0 Å². The zero-order chi connectivity index (χ0) is 24.5. The van der Waals surface area contributed by atoms with Crippen molar-refractivity contribution in [1.82, 2.24) is 19.1 Å². The van der Waals surface area contributed by atoms with Gasteiger partial charge in [-0.25, -0.2) is 9.97 Å². The van der Waals surface area contributed by atoms with E-state index < -0.39 is 11.7 Å². The van der Waals surface area contributed by atoms with Crippen LogP contribution in [0.1, 0.15) is 35.9 Å². The molecule has 0 aliphatic heterocycles. The first-order chi connectivity index (χ1) is 16.2. The summed E-state index contributed by atoms with van der Waals surface area (Å²) in [5.41, 5.74) is 3.58. The van der Waals surface area contributed by atoms with Gasteiger partial charge in [0.1, 0.15) is 5.82 Å². The van der Waals surface area contributed by atoms with Crippen LogP contribution in [0.2, 0.25) is 0 Å². The number of rotatable bonds is 5. The molecule has 4 rings (SSSR count). The van der Waals surface area contributed by atoms with Crippen LogP contribution in [-0.4, -0.2) is 19.1 Å². The highest BCUT2D eigenvalue weighted by molar-refractivity contribution is 5.72. The van der Waals surface area contributed by atoms with Crippen LogP contribution in [0, 0.1) is 23.7 Å². The number of allylic oxidation sites excluding steroid dienone is 1. The summed E-state index contributed by atoms with van der Waals surface area (Å²) in [6, 6.07) is 14.2. The molecule has 0 aliphatic rings. The van der Waals surface area contributed by atoms with Crippen molar-refractivity contribution in [1.29, 1.82) is 10.7 Å². The Morgan fingerprint density at radius 2 is 1.79 bits per heavy atom. The molecule has 2 heterocycles. The second-order valence-electron chi connectivity index (χ2n) is 7.97. The highest BCUT2D eigenvalue weighted by Gasteiger charge is 2.29. The Morgan fingerprint density at radius 1 is 1.12 bits per heavy atom. The molecule has 1 N–H and O–H groups in total. The molecule has 172 valence electrons. The quantitative estimate of drug-likeness (QED) is 0.431. The van der Waals surface area contributed by atoms with Crippen LogP contribution in [-0.2, 0) is 12.7 Å². The Balaban J connectivity index is 1.55. The zero-order valence-corrected chi connectivity index (χ0v) is 18.6. The molecular formula is C25H21F3N6. The van der Waals surface area contributed by atoms with E-state index in [1.54, 1.807) is 23.0 Å². The number of aromatic nitrogens is 4. The molecular weight excluding hydrogens is 441 g/mol. The van der Waals surface area contributed by atoms with Crippen molar-refractivity contribution in [3.8, 4) is 11.8 Å². The summed E-state index contributed by atoms with van der Waals surface area (Å²) in [7, 11) is 0. The van der Waals surface area contributed by atoms with Crippen molar-refractivity contribution in [2.24, 2.45) is 0 Å². The summed E-state index contributed by atoms with van der Waals surface area (Å²) in [5, 5.41) is 17.6. The van der Waals surface area contributed by atoms with Crippen molar-refractivity contribution in [3.63, 3.8) is 0 Å². The molecule has 0 spiro atoms. The van der Waals surface area contributed by atoms with E-state index in [1.165, 1.54) is 12.1 Å². The number of imidazole rings is 1. The molecule has 0 saturated carbocycles. The van der Waals surface area contributed by atoms with Crippen molar-refractivity contribution < 1.29 is 13.2 Å². The molecule has 0 saturated heterocycles. The van der Waals surface area contributed by atoms with Crippen LogP contribution in [0.15, 0.2) is 60.4 Å². The second kappa shape index (κ2) is 8.98. The van der Waals surface area contributed by atoms with Gasteiger partial charge >= 0.3 is 6.18 Å². The summed E-state index contributed by atoms with van der Waals surface area (Å²) < 4.78 is 41.7. The lowest BCUT2D eigenvalue weighted by molar-refractivity contribution is -0.137. The normalized spacial score (nSPS) is 12.2. The molecule has 0 atom stereocenters. The summed E-state index contributed by atoms with van der Waals surface area (Å²) in [5.74, 6) is 0.678. The third-order valence-corrected chi connectivity index (χ3v) is 5.50. The third-order valence-electron chi connectivity index (χ3n) is 5.50. The van der Waals surface area contributed by atoms with Crippen molar-refractivity contribution in [3.05, 3.63) is 88.4 Å². The largest absolute Gasteiger partial charge is 0.416 e. The molecule has 0 unspecified atom stereocenters. The fraction of sp³-hybridized carbons (Fsp3) is 0.200. The van der Waals surface area contributed by atoms with E-state index in [0.29, 0.717) is 41.1 Å². The Bertz CT molecular complexity index is 1470. The first kappa shape index (κ1) is 23.0. The maximum atomic E-state index is 12.7. The average molecular weight is 462 g/mol. The SMILES string of the molecule is CC(=Cc1ccc(C(F)(F)F)cc1)CCn1cnc2c(nc(C)n2-c2ccc(C#N)cc2)c1=N. The predicted molar refractivity (Wildman–Crippen MR) is 122 cm³/mol. The van der Waals surface area contributed by atoms with Gasteiger partial charge in [-0.15, -0.1) is 0 Å². The van der Waals surface area contributed by atoms with E-state index in [2.05, 4.69) is 16.0 Å². The fourth-order valence-corrected chi connectivity index (χ4v) is 3.70. The van der Waals surface area contributed by atoms with Gasteiger partial charge in [-0.2, -0.15) is 18.4 Å². The molecule has 0 radical (unpaired) electrons. The second-order valence-corrected chi connectivity index (χ2v) is 7.97. The number of halogens is 3. The van der Waals surface area contributed by atoms with Crippen LogP contribution in [0.4, 0.5) is 13.2 Å². The van der Waals surface area contributed by atoms with Gasteiger partial charge < -0.3 is 4.57 Å². The molecule has 0 aliphatic carbocycles. The van der Waals surface area contributed by atoms with Gasteiger partial charge in [-0.05, 0) is 62.2 Å². The van der Waals surface area contributed by atoms with Crippen LogP contribution in [0.25, 0.3) is 22.9 Å². The van der Waals surface area contributed by atoms with E-state index in [0.717, 1.165) is 23.4 Å². The molecule has 9 heteroatoms. The summed E-state index contributed by atoms with van der Waals surface area (Å²) in [6.45, 7) is 4.21. The molecule has 0 amide bonds. The first-order valence-corrected chi connectivity index (χ1v) is 10.5. The maximum absolute atomic E-state index is 12.7. The van der Waals surface area contributed by atoms with Crippen molar-refractivity contribution in [2.75, 3.05) is 0 Å². The van der Waals surface area contributed by atoms with Crippen LogP contribution in [0.5, 0.6) is 0 Å². The van der Waals surface area contributed by atoms with Crippen LogP contribution >= 0.6 is 0 Å². The van der Waals surface area contributed by atoms with Gasteiger partial charge in [0.15, 0.2) is 16.7 Å². The lowest BCUT2D eigenvalue weighted by atomic mass is 10.1. The van der Waals surface area contributed by atoms with Gasteiger partial charge in [0.2, 0.25) is 0 Å². The Hall–Kier alpha value is -4.19. The molecule has 4 aromatic rings. The summed E-state index contributed by atoms with van der Waals surface area (Å²) in [6.07, 6.45) is -0.326. The van der Waals surface area contributed by atoms with Gasteiger partial charge in [0.25, 0.3) is 0 Å². The minimum absolute atomic E-state index is 0.225. The molecule has 34 heavy (non-hydrogen) atoms. The van der Waals surface area contributed by atoms with Gasteiger partial charge in [-0.3, -0.25) is 9.98 Å². The van der Waals surface area contributed by atoms with Crippen molar-refractivity contribution >= 4 is 17.2 Å². The lowest BCUT2D eigenvalue weighted by Gasteiger charge is -2.09.